The van der Waals surface area contributed by atoms with E-state index in [1.165, 1.54) is 18.2 Å². The van der Waals surface area contributed by atoms with Crippen molar-refractivity contribution >= 4 is 71.7 Å². The number of carbonyl (C=O) groups is 1. The first-order chi connectivity index (χ1) is 14.2. The van der Waals surface area contributed by atoms with Crippen LogP contribution < -0.4 is 4.31 Å². The van der Waals surface area contributed by atoms with Crippen LogP contribution >= 0.6 is 39.1 Å². The number of ether oxygens (including phenoxy) is 1. The lowest BCUT2D eigenvalue weighted by Gasteiger charge is -2.24. The Kier molecular flexibility index (Phi) is 7.34. The van der Waals surface area contributed by atoms with E-state index >= 15 is 0 Å². The van der Waals surface area contributed by atoms with Gasteiger partial charge in [-0.1, -0.05) is 36.5 Å². The number of fused-ring (bicyclic) bond motifs is 1. The Labute approximate surface area is 193 Å². The van der Waals surface area contributed by atoms with Crippen molar-refractivity contribution < 1.29 is 17.9 Å². The quantitative estimate of drug-likeness (QED) is 0.294. The van der Waals surface area contributed by atoms with Crippen molar-refractivity contribution in [1.82, 2.24) is 4.98 Å². The first-order valence-electron chi connectivity index (χ1n) is 9.13. The van der Waals surface area contributed by atoms with Crippen molar-refractivity contribution in [2.45, 2.75) is 24.7 Å². The molecule has 0 atom stereocenters. The molecule has 160 valence electrons. The molecule has 1 aromatic heterocycles. The zero-order valence-electron chi connectivity index (χ0n) is 16.0. The largest absolute Gasteiger partial charge is 0.464 e. The predicted molar refractivity (Wildman–Crippen MR) is 123 cm³/mol. The van der Waals surface area contributed by atoms with E-state index in [4.69, 9.17) is 27.9 Å². The lowest BCUT2D eigenvalue weighted by Crippen LogP contribution is -2.36. The van der Waals surface area contributed by atoms with Gasteiger partial charge in [0.15, 0.2) is 0 Å². The van der Waals surface area contributed by atoms with Gasteiger partial charge in [0.2, 0.25) is 0 Å². The molecule has 0 aliphatic carbocycles. The van der Waals surface area contributed by atoms with Crippen LogP contribution in [0.2, 0.25) is 10.0 Å². The highest BCUT2D eigenvalue weighted by molar-refractivity contribution is 9.10. The second-order valence-corrected chi connectivity index (χ2v) is 10.1. The molecule has 0 saturated carbocycles. The minimum atomic E-state index is -4.15. The van der Waals surface area contributed by atoms with Gasteiger partial charge in [0.05, 0.1) is 17.2 Å². The van der Waals surface area contributed by atoms with Crippen LogP contribution in [0.15, 0.2) is 52.0 Å². The summed E-state index contributed by atoms with van der Waals surface area (Å²) >= 11 is 15.5. The molecule has 1 N–H and O–H groups in total. The van der Waals surface area contributed by atoms with Crippen LogP contribution in [0.1, 0.15) is 19.8 Å². The second kappa shape index (κ2) is 9.60. The lowest BCUT2D eigenvalue weighted by molar-refractivity contribution is -0.141. The zero-order valence-corrected chi connectivity index (χ0v) is 19.9. The minimum Gasteiger partial charge on any atom is -0.464 e. The molecule has 2 aromatic carbocycles. The molecule has 3 aromatic rings. The maximum atomic E-state index is 13.4. The molecule has 0 amide bonds. The topological polar surface area (TPSA) is 79.5 Å². The van der Waals surface area contributed by atoms with Crippen LogP contribution in [0.5, 0.6) is 0 Å². The number of halogens is 3. The molecule has 0 bridgehead atoms. The minimum absolute atomic E-state index is 0.116. The molecule has 0 radical (unpaired) electrons. The number of unbranched alkanes of at least 4 members (excludes halogenated alkanes) is 1. The number of rotatable bonds is 8. The van der Waals surface area contributed by atoms with Crippen molar-refractivity contribution in [3.05, 3.63) is 57.1 Å². The summed E-state index contributed by atoms with van der Waals surface area (Å²) in [5, 5.41) is 1.13. The molecule has 6 nitrogen and oxygen atoms in total. The van der Waals surface area contributed by atoms with Crippen molar-refractivity contribution in [3.8, 4) is 0 Å². The smallest absolute Gasteiger partial charge is 0.326 e. The Morgan fingerprint density at radius 2 is 1.87 bits per heavy atom. The summed E-state index contributed by atoms with van der Waals surface area (Å²) in [6.07, 6.45) is 3.31. The highest BCUT2D eigenvalue weighted by Gasteiger charge is 2.29. The van der Waals surface area contributed by atoms with Crippen molar-refractivity contribution in [2.24, 2.45) is 0 Å². The molecule has 0 spiro atoms. The molecule has 1 heterocycles. The Hall–Kier alpha value is -1.74. The maximum Gasteiger partial charge on any atom is 0.326 e. The van der Waals surface area contributed by atoms with Gasteiger partial charge < -0.3 is 9.72 Å². The number of hydrogen-bond acceptors (Lipinski definition) is 4. The van der Waals surface area contributed by atoms with Gasteiger partial charge in [-0.2, -0.15) is 0 Å². The van der Waals surface area contributed by atoms with Crippen LogP contribution in [0.4, 0.5) is 5.69 Å². The number of hydrogen-bond donors (Lipinski definition) is 1. The average molecular weight is 534 g/mol. The third-order valence-corrected chi connectivity index (χ3v) is 7.20. The molecule has 0 aliphatic heterocycles. The Morgan fingerprint density at radius 3 is 2.53 bits per heavy atom. The first-order valence-corrected chi connectivity index (χ1v) is 12.1. The van der Waals surface area contributed by atoms with Crippen LogP contribution in [0.25, 0.3) is 10.9 Å². The third-order valence-electron chi connectivity index (χ3n) is 4.36. The molecule has 0 aliphatic rings. The Morgan fingerprint density at radius 1 is 1.17 bits per heavy atom. The summed E-state index contributed by atoms with van der Waals surface area (Å²) in [5.41, 5.74) is 1.13. The normalized spacial score (nSPS) is 11.6. The first kappa shape index (κ1) is 22.9. The van der Waals surface area contributed by atoms with E-state index in [9.17, 15) is 13.2 Å². The standard InChI is InChI=1S/C20H19BrCl2N2O4S/c1-2-3-6-29-20(26)12-25(15-4-5-19-17(10-15)18(21)11-24-19)30(27,28)16-8-13(22)7-14(23)9-16/h4-5,7-11,24H,2-3,6,12H2,1H3. The van der Waals surface area contributed by atoms with E-state index in [1.54, 1.807) is 24.4 Å². The van der Waals surface area contributed by atoms with Crippen molar-refractivity contribution in [3.63, 3.8) is 0 Å². The number of nitrogens with zero attached hydrogens (tertiary/aromatic N) is 1. The van der Waals surface area contributed by atoms with Crippen LogP contribution in [0.3, 0.4) is 0 Å². The van der Waals surface area contributed by atoms with Gasteiger partial charge in [0.25, 0.3) is 10.0 Å². The van der Waals surface area contributed by atoms with Gasteiger partial charge >= 0.3 is 5.97 Å². The van der Waals surface area contributed by atoms with Gasteiger partial charge in [0.1, 0.15) is 6.54 Å². The number of benzene rings is 2. The third kappa shape index (κ3) is 5.11. The molecular formula is C20H19BrCl2N2O4S. The Bertz CT molecular complexity index is 1160. The zero-order chi connectivity index (χ0) is 21.9. The van der Waals surface area contributed by atoms with E-state index in [1.807, 2.05) is 6.92 Å². The number of aromatic nitrogens is 1. The summed E-state index contributed by atoms with van der Waals surface area (Å²) in [6.45, 7) is 1.72. The SMILES string of the molecule is CCCCOC(=O)CN(c1ccc2[nH]cc(Br)c2c1)S(=O)(=O)c1cc(Cl)cc(Cl)c1. The molecule has 0 saturated heterocycles. The summed E-state index contributed by atoms with van der Waals surface area (Å²) in [5.74, 6) is -0.645. The number of sulfonamides is 1. The lowest BCUT2D eigenvalue weighted by atomic mass is 10.2. The fourth-order valence-corrected chi connectivity index (χ4v) is 5.41. The molecular weight excluding hydrogens is 515 g/mol. The number of nitrogens with one attached hydrogen (secondary N) is 1. The van der Waals surface area contributed by atoms with E-state index in [2.05, 4.69) is 20.9 Å². The molecule has 0 unspecified atom stereocenters. The summed E-state index contributed by atoms with van der Waals surface area (Å²) in [6, 6.07) is 9.07. The van der Waals surface area contributed by atoms with E-state index in [0.29, 0.717) is 12.1 Å². The predicted octanol–water partition coefficient (Wildman–Crippen LogP) is 5.78. The highest BCUT2D eigenvalue weighted by Crippen LogP contribution is 2.32. The number of H-pyrrole nitrogens is 1. The van der Waals surface area contributed by atoms with Crippen molar-refractivity contribution in [1.29, 1.82) is 0 Å². The van der Waals surface area contributed by atoms with Crippen LogP contribution in [-0.2, 0) is 19.6 Å². The summed E-state index contributed by atoms with van der Waals surface area (Å²) in [7, 11) is -4.15. The van der Waals surface area contributed by atoms with Gasteiger partial charge in [-0.15, -0.1) is 0 Å². The van der Waals surface area contributed by atoms with Gasteiger partial charge in [-0.05, 0) is 58.7 Å². The van der Waals surface area contributed by atoms with Gasteiger partial charge in [0, 0.05) is 31.6 Å². The number of aromatic amines is 1. The van der Waals surface area contributed by atoms with Crippen molar-refractivity contribution in [2.75, 3.05) is 17.5 Å². The monoisotopic (exact) mass is 532 g/mol. The number of anilines is 1. The summed E-state index contributed by atoms with van der Waals surface area (Å²) in [4.78, 5) is 15.4. The van der Waals surface area contributed by atoms with Crippen LogP contribution in [0, 0.1) is 0 Å². The van der Waals surface area contributed by atoms with E-state index in [0.717, 1.165) is 26.1 Å². The van der Waals surface area contributed by atoms with Crippen LogP contribution in [-0.4, -0.2) is 32.5 Å². The van der Waals surface area contributed by atoms with Gasteiger partial charge in [-0.3, -0.25) is 9.10 Å². The molecule has 30 heavy (non-hydrogen) atoms. The highest BCUT2D eigenvalue weighted by atomic mass is 79.9. The number of carbonyl (C=O) groups excluding carboxylic acids is 1. The molecule has 0 fully saturated rings. The molecule has 3 rings (SSSR count). The van der Waals surface area contributed by atoms with E-state index < -0.39 is 22.5 Å². The number of esters is 1. The molecule has 10 heteroatoms. The average Bonchev–Trinajstić information content (AvgIpc) is 3.06. The van der Waals surface area contributed by atoms with E-state index in [-0.39, 0.29) is 21.5 Å². The van der Waals surface area contributed by atoms with Gasteiger partial charge in [-0.25, -0.2) is 8.42 Å². The summed E-state index contributed by atoms with van der Waals surface area (Å²) < 4.78 is 33.9. The fraction of sp³-hybridized carbons (Fsp3) is 0.250. The second-order valence-electron chi connectivity index (χ2n) is 6.56. The fourth-order valence-electron chi connectivity index (χ4n) is 2.84. The Balaban J connectivity index is 2.05. The maximum absolute atomic E-state index is 13.4.